The summed E-state index contributed by atoms with van der Waals surface area (Å²) in [6.45, 7) is 9.66. The lowest BCUT2D eigenvalue weighted by atomic mass is 9.93. The Morgan fingerprint density at radius 1 is 1.11 bits per heavy atom. The third-order valence-electron chi connectivity index (χ3n) is 6.03. The maximum atomic E-state index is 13.3. The van der Waals surface area contributed by atoms with E-state index in [9.17, 15) is 14.7 Å². The highest BCUT2D eigenvalue weighted by molar-refractivity contribution is 6.46. The van der Waals surface area contributed by atoms with Crippen LogP contribution in [0.5, 0.6) is 11.5 Å². The van der Waals surface area contributed by atoms with Gasteiger partial charge < -0.3 is 24.4 Å². The van der Waals surface area contributed by atoms with Crippen molar-refractivity contribution in [2.24, 2.45) is 0 Å². The molecule has 7 nitrogen and oxygen atoms in total. The molecule has 1 saturated heterocycles. The van der Waals surface area contributed by atoms with Crippen molar-refractivity contribution in [1.29, 1.82) is 0 Å². The van der Waals surface area contributed by atoms with Gasteiger partial charge in [0.2, 0.25) is 0 Å². The highest BCUT2D eigenvalue weighted by atomic mass is 16.5. The van der Waals surface area contributed by atoms with E-state index in [1.807, 2.05) is 51.0 Å². The van der Waals surface area contributed by atoms with Crippen LogP contribution in [0.15, 0.2) is 60.7 Å². The Labute approximate surface area is 213 Å². The molecule has 1 N–H and O–H groups in total. The smallest absolute Gasteiger partial charge is 0.295 e. The monoisotopic (exact) mass is 492 g/mol. The quantitative estimate of drug-likeness (QED) is 0.200. The summed E-state index contributed by atoms with van der Waals surface area (Å²) < 4.78 is 11.3. The summed E-state index contributed by atoms with van der Waals surface area (Å²) in [4.78, 5) is 30.0. The number of benzene rings is 2. The standard InChI is InChI=1S/C29H36N2O5/c1-6-17-35-22-11-9-21(10-12-22)26-25(28(33)29(34)31(26)16-8-15-30(4)5)27(32)24-14-13-23(19-20(24)3)36-18-7-2/h6,9-14,19,26,32H,1,7-8,15-18H2,2-5H3/b27-25+. The zero-order valence-electron chi connectivity index (χ0n) is 21.6. The largest absolute Gasteiger partial charge is 0.507 e. The summed E-state index contributed by atoms with van der Waals surface area (Å²) in [6, 6.07) is 11.9. The van der Waals surface area contributed by atoms with Crippen LogP contribution in [-0.2, 0) is 9.59 Å². The Morgan fingerprint density at radius 2 is 1.81 bits per heavy atom. The molecule has 0 spiro atoms. The highest BCUT2D eigenvalue weighted by Gasteiger charge is 2.45. The van der Waals surface area contributed by atoms with Crippen molar-refractivity contribution in [2.75, 3.05) is 40.4 Å². The summed E-state index contributed by atoms with van der Waals surface area (Å²) in [5.74, 6) is -0.115. The molecule has 1 atom stereocenters. The number of amides is 1. The second-order valence-corrected chi connectivity index (χ2v) is 9.14. The van der Waals surface area contributed by atoms with E-state index in [1.165, 1.54) is 0 Å². The molecule has 3 rings (SSSR count). The third-order valence-corrected chi connectivity index (χ3v) is 6.03. The van der Waals surface area contributed by atoms with Crippen molar-refractivity contribution in [2.45, 2.75) is 32.7 Å². The average Bonchev–Trinajstić information content (AvgIpc) is 3.11. The molecule has 1 heterocycles. The Balaban J connectivity index is 2.05. The van der Waals surface area contributed by atoms with Gasteiger partial charge in [-0.2, -0.15) is 0 Å². The van der Waals surface area contributed by atoms with E-state index in [0.29, 0.717) is 43.2 Å². The van der Waals surface area contributed by atoms with Gasteiger partial charge in [-0.05, 0) is 81.9 Å². The zero-order chi connectivity index (χ0) is 26.2. The van der Waals surface area contributed by atoms with Crippen molar-refractivity contribution < 1.29 is 24.2 Å². The Kier molecular flexibility index (Phi) is 9.31. The fourth-order valence-corrected chi connectivity index (χ4v) is 4.27. The molecule has 1 unspecified atom stereocenters. The summed E-state index contributed by atoms with van der Waals surface area (Å²) >= 11 is 0. The average molecular weight is 493 g/mol. The minimum Gasteiger partial charge on any atom is -0.507 e. The van der Waals surface area contributed by atoms with Gasteiger partial charge in [-0.25, -0.2) is 0 Å². The first-order valence-electron chi connectivity index (χ1n) is 12.3. The third kappa shape index (κ3) is 6.15. The Bertz CT molecular complexity index is 1120. The lowest BCUT2D eigenvalue weighted by Gasteiger charge is -2.26. The molecular formula is C29H36N2O5. The number of likely N-dealkylation sites (tertiary alicyclic amines) is 1. The van der Waals surface area contributed by atoms with Crippen molar-refractivity contribution >= 4 is 17.4 Å². The number of nitrogens with zero attached hydrogens (tertiary/aromatic N) is 2. The number of carbonyl (C=O) groups excluding carboxylic acids is 2. The van der Waals surface area contributed by atoms with Gasteiger partial charge in [0.25, 0.3) is 11.7 Å². The summed E-state index contributed by atoms with van der Waals surface area (Å²) in [5, 5.41) is 11.4. The van der Waals surface area contributed by atoms with E-state index in [0.717, 1.165) is 24.1 Å². The Morgan fingerprint density at radius 3 is 2.42 bits per heavy atom. The summed E-state index contributed by atoms with van der Waals surface area (Å²) in [5.41, 5.74) is 2.08. The number of ketones is 1. The molecule has 7 heteroatoms. The lowest BCUT2D eigenvalue weighted by Crippen LogP contribution is -2.32. The highest BCUT2D eigenvalue weighted by Crippen LogP contribution is 2.40. The van der Waals surface area contributed by atoms with E-state index in [4.69, 9.17) is 9.47 Å². The van der Waals surface area contributed by atoms with Crippen LogP contribution < -0.4 is 9.47 Å². The van der Waals surface area contributed by atoms with Gasteiger partial charge in [0.1, 0.15) is 23.9 Å². The summed E-state index contributed by atoms with van der Waals surface area (Å²) in [6.07, 6.45) is 3.24. The van der Waals surface area contributed by atoms with Crippen molar-refractivity contribution in [3.63, 3.8) is 0 Å². The second-order valence-electron chi connectivity index (χ2n) is 9.14. The number of rotatable bonds is 12. The number of aliphatic hydroxyl groups is 1. The predicted molar refractivity (Wildman–Crippen MR) is 141 cm³/mol. The number of aryl methyl sites for hydroxylation is 1. The molecule has 2 aromatic rings. The molecule has 1 aliphatic heterocycles. The van der Waals surface area contributed by atoms with Gasteiger partial charge in [0, 0.05) is 12.1 Å². The number of carbonyl (C=O) groups is 2. The maximum absolute atomic E-state index is 13.3. The van der Waals surface area contributed by atoms with Crippen LogP contribution in [0.1, 0.15) is 42.5 Å². The number of ether oxygens (including phenoxy) is 2. The molecule has 2 aromatic carbocycles. The van der Waals surface area contributed by atoms with Crippen LogP contribution in [0, 0.1) is 6.92 Å². The first kappa shape index (κ1) is 27.0. The fraction of sp³-hybridized carbons (Fsp3) is 0.379. The minimum atomic E-state index is -0.698. The van der Waals surface area contributed by atoms with E-state index in [-0.39, 0.29) is 11.3 Å². The first-order chi connectivity index (χ1) is 17.3. The molecule has 0 aromatic heterocycles. The molecular weight excluding hydrogens is 456 g/mol. The zero-order valence-corrected chi connectivity index (χ0v) is 21.6. The van der Waals surface area contributed by atoms with Gasteiger partial charge in [-0.3, -0.25) is 9.59 Å². The van der Waals surface area contributed by atoms with Gasteiger partial charge in [-0.15, -0.1) is 0 Å². The van der Waals surface area contributed by atoms with Crippen LogP contribution in [0.25, 0.3) is 5.76 Å². The van der Waals surface area contributed by atoms with Crippen molar-refractivity contribution in [3.05, 3.63) is 77.4 Å². The molecule has 1 fully saturated rings. The fourth-order valence-electron chi connectivity index (χ4n) is 4.27. The molecule has 0 aliphatic carbocycles. The number of hydrogen-bond acceptors (Lipinski definition) is 6. The number of Topliss-reactive ketones (excluding diaryl/α,β-unsaturated/α-hetero) is 1. The number of aliphatic hydroxyl groups excluding tert-OH is 1. The second kappa shape index (κ2) is 12.4. The molecule has 0 bridgehead atoms. The van der Waals surface area contributed by atoms with E-state index in [2.05, 4.69) is 6.58 Å². The topological polar surface area (TPSA) is 79.3 Å². The van der Waals surface area contributed by atoms with Crippen LogP contribution in [-0.4, -0.2) is 67.0 Å². The van der Waals surface area contributed by atoms with Gasteiger partial charge in [0.15, 0.2) is 0 Å². The Hall–Kier alpha value is -3.58. The van der Waals surface area contributed by atoms with Crippen molar-refractivity contribution in [1.82, 2.24) is 9.80 Å². The molecule has 192 valence electrons. The van der Waals surface area contributed by atoms with Crippen LogP contribution >= 0.6 is 0 Å². The SMILES string of the molecule is C=CCOc1ccc(C2/C(=C(\O)c3ccc(OCCC)cc3C)C(=O)C(=O)N2CCCN(C)C)cc1. The normalized spacial score (nSPS) is 17.0. The van der Waals surface area contributed by atoms with Crippen molar-refractivity contribution in [3.8, 4) is 11.5 Å². The maximum Gasteiger partial charge on any atom is 0.295 e. The van der Waals surface area contributed by atoms with Crippen LogP contribution in [0.4, 0.5) is 0 Å². The van der Waals surface area contributed by atoms with E-state index in [1.54, 1.807) is 35.2 Å². The van der Waals surface area contributed by atoms with Gasteiger partial charge >= 0.3 is 0 Å². The molecule has 1 amide bonds. The molecule has 36 heavy (non-hydrogen) atoms. The van der Waals surface area contributed by atoms with Gasteiger partial charge in [0.05, 0.1) is 18.2 Å². The predicted octanol–water partition coefficient (Wildman–Crippen LogP) is 4.72. The van der Waals surface area contributed by atoms with E-state index < -0.39 is 17.7 Å². The molecule has 1 aliphatic rings. The minimum absolute atomic E-state index is 0.0925. The van der Waals surface area contributed by atoms with E-state index >= 15 is 0 Å². The lowest BCUT2D eigenvalue weighted by molar-refractivity contribution is -0.139. The van der Waals surface area contributed by atoms with Crippen LogP contribution in [0.2, 0.25) is 0 Å². The molecule has 0 radical (unpaired) electrons. The molecule has 0 saturated carbocycles. The number of hydrogen-bond donors (Lipinski definition) is 1. The van der Waals surface area contributed by atoms with Crippen LogP contribution in [0.3, 0.4) is 0 Å². The first-order valence-corrected chi connectivity index (χ1v) is 12.3. The van der Waals surface area contributed by atoms with Gasteiger partial charge in [-0.1, -0.05) is 31.7 Å². The summed E-state index contributed by atoms with van der Waals surface area (Å²) in [7, 11) is 3.93.